The van der Waals surface area contributed by atoms with Crippen LogP contribution in [0.5, 0.6) is 5.75 Å². The van der Waals surface area contributed by atoms with Crippen LogP contribution in [0.4, 0.5) is 14.5 Å². The van der Waals surface area contributed by atoms with Crippen LogP contribution in [0.3, 0.4) is 0 Å². The number of amides is 1. The Morgan fingerprint density at radius 2 is 2.20 bits per heavy atom. The highest BCUT2D eigenvalue weighted by molar-refractivity contribution is 5.93. The zero-order valence-corrected chi connectivity index (χ0v) is 13.5. The van der Waals surface area contributed by atoms with Gasteiger partial charge in [-0.2, -0.15) is 13.9 Å². The van der Waals surface area contributed by atoms with Crippen LogP contribution in [0.25, 0.3) is 0 Å². The molecule has 1 aromatic carbocycles. The van der Waals surface area contributed by atoms with Gasteiger partial charge in [0.2, 0.25) is 5.91 Å². The molecule has 1 atom stereocenters. The van der Waals surface area contributed by atoms with Crippen LogP contribution in [0.2, 0.25) is 0 Å². The predicted molar refractivity (Wildman–Crippen MR) is 86.7 cm³/mol. The number of aromatic nitrogens is 2. The summed E-state index contributed by atoms with van der Waals surface area (Å²) in [6.45, 7) is -2.92. The van der Waals surface area contributed by atoms with Crippen molar-refractivity contribution in [2.45, 2.75) is 25.9 Å². The molecule has 0 spiro atoms. The maximum absolute atomic E-state index is 12.5. The molecule has 0 saturated heterocycles. The number of alkyl halides is 2. The van der Waals surface area contributed by atoms with Crippen LogP contribution in [0, 0.1) is 5.92 Å². The first-order valence-corrected chi connectivity index (χ1v) is 7.84. The van der Waals surface area contributed by atoms with Gasteiger partial charge in [0, 0.05) is 30.8 Å². The number of halogens is 2. The zero-order valence-electron chi connectivity index (χ0n) is 13.5. The molecular weight excluding hydrogens is 332 g/mol. The Morgan fingerprint density at radius 1 is 1.40 bits per heavy atom. The fourth-order valence-electron chi connectivity index (χ4n) is 2.90. The van der Waals surface area contributed by atoms with Crippen LogP contribution in [-0.4, -0.2) is 22.3 Å². The van der Waals surface area contributed by atoms with E-state index >= 15 is 0 Å². The number of anilines is 1. The Bertz CT molecular complexity index is 851. The van der Waals surface area contributed by atoms with Gasteiger partial charge in [-0.1, -0.05) is 6.07 Å². The van der Waals surface area contributed by atoms with E-state index in [1.54, 1.807) is 13.1 Å². The molecule has 1 amide bonds. The highest BCUT2D eigenvalue weighted by Crippen LogP contribution is 2.25. The average Bonchev–Trinajstić information content (AvgIpc) is 2.55. The van der Waals surface area contributed by atoms with Crippen molar-refractivity contribution in [3.8, 4) is 5.75 Å². The molecule has 1 heterocycles. The molecule has 0 aliphatic heterocycles. The van der Waals surface area contributed by atoms with Gasteiger partial charge in [0.05, 0.1) is 5.69 Å². The van der Waals surface area contributed by atoms with E-state index < -0.39 is 6.61 Å². The quantitative estimate of drug-likeness (QED) is 0.918. The molecule has 1 aliphatic carbocycles. The van der Waals surface area contributed by atoms with Gasteiger partial charge in [-0.15, -0.1) is 0 Å². The van der Waals surface area contributed by atoms with Crippen molar-refractivity contribution in [1.29, 1.82) is 0 Å². The third-order valence-electron chi connectivity index (χ3n) is 4.15. The summed E-state index contributed by atoms with van der Waals surface area (Å²) in [7, 11) is 1.59. The Balaban J connectivity index is 1.70. The number of carbonyl (C=O) groups excluding carboxylic acids is 1. The van der Waals surface area contributed by atoms with Gasteiger partial charge in [0.25, 0.3) is 5.56 Å². The number of fused-ring (bicyclic) bond motifs is 1. The molecule has 3 rings (SSSR count). The van der Waals surface area contributed by atoms with Crippen molar-refractivity contribution in [2.24, 2.45) is 13.0 Å². The van der Waals surface area contributed by atoms with Gasteiger partial charge in [-0.25, -0.2) is 4.68 Å². The first kappa shape index (κ1) is 17.1. The average molecular weight is 349 g/mol. The lowest BCUT2D eigenvalue weighted by Gasteiger charge is -2.23. The molecule has 0 radical (unpaired) electrons. The topological polar surface area (TPSA) is 73.2 Å². The molecule has 0 saturated carbocycles. The van der Waals surface area contributed by atoms with Gasteiger partial charge >= 0.3 is 6.61 Å². The van der Waals surface area contributed by atoms with E-state index in [9.17, 15) is 18.4 Å². The number of rotatable bonds is 4. The smallest absolute Gasteiger partial charge is 0.387 e. The van der Waals surface area contributed by atoms with E-state index in [0.29, 0.717) is 24.9 Å². The second-order valence-corrected chi connectivity index (χ2v) is 5.91. The summed E-state index contributed by atoms with van der Waals surface area (Å²) in [5, 5.41) is 6.93. The van der Waals surface area contributed by atoms with E-state index in [1.165, 1.54) is 28.9 Å². The van der Waals surface area contributed by atoms with Gasteiger partial charge in [0.1, 0.15) is 5.75 Å². The molecule has 6 nitrogen and oxygen atoms in total. The first-order valence-electron chi connectivity index (χ1n) is 7.84. The van der Waals surface area contributed by atoms with Crippen LogP contribution in [-0.2, 0) is 24.7 Å². The van der Waals surface area contributed by atoms with Crippen LogP contribution >= 0.6 is 0 Å². The second kappa shape index (κ2) is 7.00. The minimum Gasteiger partial charge on any atom is -0.435 e. The predicted octanol–water partition coefficient (Wildman–Crippen LogP) is 2.13. The molecule has 132 valence electrons. The molecule has 2 aromatic rings. The number of aryl methyl sites for hydroxylation is 2. The minimum absolute atomic E-state index is 0.0190. The fraction of sp³-hybridized carbons (Fsp3) is 0.353. The third-order valence-corrected chi connectivity index (χ3v) is 4.15. The highest BCUT2D eigenvalue weighted by atomic mass is 19.3. The van der Waals surface area contributed by atoms with Crippen molar-refractivity contribution in [3.63, 3.8) is 0 Å². The molecule has 1 N–H and O–H groups in total. The van der Waals surface area contributed by atoms with Crippen LogP contribution in [0.15, 0.2) is 35.1 Å². The number of hydrogen-bond donors (Lipinski definition) is 1. The molecular formula is C17H17F2N3O3. The minimum atomic E-state index is -2.92. The summed E-state index contributed by atoms with van der Waals surface area (Å²) in [6, 6.07) is 7.37. The fourth-order valence-corrected chi connectivity index (χ4v) is 2.90. The Hall–Kier alpha value is -2.77. The SMILES string of the molecule is Cn1nc2c(cc1=O)C[C@H](C(=O)Nc1cccc(OC(F)F)c1)CC2. The van der Waals surface area contributed by atoms with Crippen molar-refractivity contribution in [3.05, 3.63) is 51.9 Å². The Labute approximate surface area is 142 Å². The molecule has 1 aromatic heterocycles. The van der Waals surface area contributed by atoms with Crippen LogP contribution in [0.1, 0.15) is 17.7 Å². The first-order chi connectivity index (χ1) is 11.9. The van der Waals surface area contributed by atoms with Gasteiger partial charge in [-0.3, -0.25) is 9.59 Å². The largest absolute Gasteiger partial charge is 0.435 e. The highest BCUT2D eigenvalue weighted by Gasteiger charge is 2.26. The summed E-state index contributed by atoms with van der Waals surface area (Å²) in [5.41, 5.74) is 1.79. The monoisotopic (exact) mass is 349 g/mol. The maximum atomic E-state index is 12.5. The molecule has 0 fully saturated rings. The van der Waals surface area contributed by atoms with Crippen molar-refractivity contribution in [1.82, 2.24) is 9.78 Å². The summed E-state index contributed by atoms with van der Waals surface area (Å²) in [6.07, 6.45) is 1.64. The Kier molecular flexibility index (Phi) is 4.78. The zero-order chi connectivity index (χ0) is 18.0. The summed E-state index contributed by atoms with van der Waals surface area (Å²) < 4.78 is 30.1. The number of nitrogens with one attached hydrogen (secondary N) is 1. The van der Waals surface area contributed by atoms with E-state index in [-0.39, 0.29) is 23.1 Å². The van der Waals surface area contributed by atoms with Crippen molar-refractivity contribution < 1.29 is 18.3 Å². The van der Waals surface area contributed by atoms with Gasteiger partial charge in [0.15, 0.2) is 0 Å². The molecule has 8 heteroatoms. The summed E-state index contributed by atoms with van der Waals surface area (Å²) >= 11 is 0. The lowest BCUT2D eigenvalue weighted by Crippen LogP contribution is -2.31. The standard InChI is InChI=1S/C17H17F2N3O3/c1-22-15(23)8-11-7-10(5-6-14(11)21-22)16(24)20-12-3-2-4-13(9-12)25-17(18)19/h2-4,8-10,17H,5-7H2,1H3,(H,20,24)/t10-/m1/s1. The number of ether oxygens (including phenoxy) is 1. The van der Waals surface area contributed by atoms with E-state index in [4.69, 9.17) is 0 Å². The second-order valence-electron chi connectivity index (χ2n) is 5.91. The summed E-state index contributed by atoms with van der Waals surface area (Å²) in [5.74, 6) is -0.545. The number of hydrogen-bond acceptors (Lipinski definition) is 4. The number of carbonyl (C=O) groups is 1. The number of nitrogens with zero attached hydrogens (tertiary/aromatic N) is 2. The molecule has 1 aliphatic rings. The van der Waals surface area contributed by atoms with E-state index in [0.717, 1.165) is 11.3 Å². The van der Waals surface area contributed by atoms with Gasteiger partial charge < -0.3 is 10.1 Å². The van der Waals surface area contributed by atoms with E-state index in [2.05, 4.69) is 15.2 Å². The number of benzene rings is 1. The molecule has 0 bridgehead atoms. The summed E-state index contributed by atoms with van der Waals surface area (Å²) in [4.78, 5) is 24.2. The van der Waals surface area contributed by atoms with Crippen molar-refractivity contribution in [2.75, 3.05) is 5.32 Å². The molecule has 0 unspecified atom stereocenters. The van der Waals surface area contributed by atoms with Gasteiger partial charge in [-0.05, 0) is 37.0 Å². The maximum Gasteiger partial charge on any atom is 0.387 e. The third kappa shape index (κ3) is 4.01. The lowest BCUT2D eigenvalue weighted by atomic mass is 9.86. The normalized spacial score (nSPS) is 16.4. The Morgan fingerprint density at radius 3 is 2.96 bits per heavy atom. The lowest BCUT2D eigenvalue weighted by molar-refractivity contribution is -0.120. The van der Waals surface area contributed by atoms with Crippen molar-refractivity contribution >= 4 is 11.6 Å². The molecule has 25 heavy (non-hydrogen) atoms. The van der Waals surface area contributed by atoms with Crippen LogP contribution < -0.4 is 15.6 Å². The van der Waals surface area contributed by atoms with E-state index in [1.807, 2.05) is 0 Å².